The smallest absolute Gasteiger partial charge is 0.324 e. The first-order valence-electron chi connectivity index (χ1n) is 4.70. The molecule has 2 unspecified atom stereocenters. The molecular formula is C9H15NO3. The van der Waals surface area contributed by atoms with Crippen LogP contribution in [0.15, 0.2) is 0 Å². The molecule has 74 valence electrons. The van der Waals surface area contributed by atoms with Crippen molar-refractivity contribution in [3.63, 3.8) is 0 Å². The second-order valence-electron chi connectivity index (χ2n) is 3.95. The van der Waals surface area contributed by atoms with E-state index in [1.54, 1.807) is 7.11 Å². The fourth-order valence-electron chi connectivity index (χ4n) is 2.61. The molecule has 0 amide bonds. The number of carboxylic acids is 1. The standard InChI is InChI=1S/C9H15NO3/c1-13-7-5-9(8(11)12)3-2-4-10(9)6-7/h7H,2-6H2,1H3,(H,11,12). The summed E-state index contributed by atoms with van der Waals surface area (Å²) in [5.41, 5.74) is -0.597. The Hall–Kier alpha value is -0.610. The quantitative estimate of drug-likeness (QED) is 0.673. The Morgan fingerprint density at radius 2 is 2.46 bits per heavy atom. The van der Waals surface area contributed by atoms with Gasteiger partial charge in [-0.25, -0.2) is 0 Å². The van der Waals surface area contributed by atoms with Crippen molar-refractivity contribution < 1.29 is 14.6 Å². The maximum atomic E-state index is 11.2. The highest BCUT2D eigenvalue weighted by atomic mass is 16.5. The minimum atomic E-state index is -0.676. The lowest BCUT2D eigenvalue weighted by Crippen LogP contribution is -2.45. The second-order valence-corrected chi connectivity index (χ2v) is 3.95. The van der Waals surface area contributed by atoms with Gasteiger partial charge in [-0.2, -0.15) is 0 Å². The molecular weight excluding hydrogens is 170 g/mol. The molecule has 1 N–H and O–H groups in total. The topological polar surface area (TPSA) is 49.8 Å². The van der Waals surface area contributed by atoms with Gasteiger partial charge in [0.15, 0.2) is 0 Å². The van der Waals surface area contributed by atoms with Crippen LogP contribution >= 0.6 is 0 Å². The Balaban J connectivity index is 2.20. The average Bonchev–Trinajstić information content (AvgIpc) is 2.58. The van der Waals surface area contributed by atoms with Gasteiger partial charge in [0.05, 0.1) is 6.10 Å². The van der Waals surface area contributed by atoms with Crippen molar-refractivity contribution >= 4 is 5.97 Å². The molecule has 0 aliphatic carbocycles. The fraction of sp³-hybridized carbons (Fsp3) is 0.889. The van der Waals surface area contributed by atoms with Gasteiger partial charge in [0.2, 0.25) is 0 Å². The van der Waals surface area contributed by atoms with E-state index in [1.807, 2.05) is 0 Å². The number of carbonyl (C=O) groups is 1. The first kappa shape index (κ1) is 8.97. The van der Waals surface area contributed by atoms with E-state index in [-0.39, 0.29) is 6.10 Å². The maximum Gasteiger partial charge on any atom is 0.324 e. The summed E-state index contributed by atoms with van der Waals surface area (Å²) in [7, 11) is 1.66. The van der Waals surface area contributed by atoms with E-state index in [4.69, 9.17) is 4.74 Å². The summed E-state index contributed by atoms with van der Waals surface area (Å²) in [6.07, 6.45) is 2.54. The van der Waals surface area contributed by atoms with E-state index >= 15 is 0 Å². The summed E-state index contributed by atoms with van der Waals surface area (Å²) >= 11 is 0. The summed E-state index contributed by atoms with van der Waals surface area (Å²) in [4.78, 5) is 13.2. The molecule has 0 bridgehead atoms. The number of nitrogens with zero attached hydrogens (tertiary/aromatic N) is 1. The molecule has 0 aromatic carbocycles. The van der Waals surface area contributed by atoms with Gasteiger partial charge >= 0.3 is 5.97 Å². The van der Waals surface area contributed by atoms with Crippen LogP contribution in [0.4, 0.5) is 0 Å². The van der Waals surface area contributed by atoms with Gasteiger partial charge in [-0.15, -0.1) is 0 Å². The second kappa shape index (κ2) is 2.96. The molecule has 4 nitrogen and oxygen atoms in total. The van der Waals surface area contributed by atoms with Crippen LogP contribution in [-0.4, -0.2) is 47.8 Å². The van der Waals surface area contributed by atoms with E-state index in [2.05, 4.69) is 4.90 Å². The number of hydrogen-bond donors (Lipinski definition) is 1. The lowest BCUT2D eigenvalue weighted by molar-refractivity contribution is -0.148. The van der Waals surface area contributed by atoms with Gasteiger partial charge in [-0.05, 0) is 19.4 Å². The molecule has 4 heteroatoms. The van der Waals surface area contributed by atoms with Gasteiger partial charge in [0, 0.05) is 20.1 Å². The molecule has 0 saturated carbocycles. The monoisotopic (exact) mass is 185 g/mol. The van der Waals surface area contributed by atoms with Crippen LogP contribution in [0.1, 0.15) is 19.3 Å². The van der Waals surface area contributed by atoms with E-state index in [9.17, 15) is 9.90 Å². The number of fused-ring (bicyclic) bond motifs is 1. The predicted octanol–water partition coefficient (Wildman–Crippen LogP) is 0.324. The highest BCUT2D eigenvalue weighted by Gasteiger charge is 2.53. The van der Waals surface area contributed by atoms with Crippen molar-refractivity contribution in [2.75, 3.05) is 20.2 Å². The van der Waals surface area contributed by atoms with E-state index in [0.29, 0.717) is 6.42 Å². The van der Waals surface area contributed by atoms with Gasteiger partial charge in [-0.1, -0.05) is 0 Å². The van der Waals surface area contributed by atoms with Crippen molar-refractivity contribution in [3.8, 4) is 0 Å². The van der Waals surface area contributed by atoms with Crippen LogP contribution in [0.5, 0.6) is 0 Å². The Labute approximate surface area is 77.5 Å². The Morgan fingerprint density at radius 1 is 1.69 bits per heavy atom. The highest BCUT2D eigenvalue weighted by molar-refractivity contribution is 5.79. The third-order valence-electron chi connectivity index (χ3n) is 3.34. The maximum absolute atomic E-state index is 11.2. The molecule has 2 rings (SSSR count). The molecule has 2 heterocycles. The number of rotatable bonds is 2. The number of aliphatic carboxylic acids is 1. The largest absolute Gasteiger partial charge is 0.480 e. The van der Waals surface area contributed by atoms with Crippen molar-refractivity contribution in [1.29, 1.82) is 0 Å². The van der Waals surface area contributed by atoms with E-state index < -0.39 is 11.5 Å². The van der Waals surface area contributed by atoms with Crippen molar-refractivity contribution in [3.05, 3.63) is 0 Å². The lowest BCUT2D eigenvalue weighted by atomic mass is 9.94. The summed E-state index contributed by atoms with van der Waals surface area (Å²) in [6, 6.07) is 0. The first-order valence-corrected chi connectivity index (χ1v) is 4.70. The predicted molar refractivity (Wildman–Crippen MR) is 46.6 cm³/mol. The van der Waals surface area contributed by atoms with Crippen LogP contribution in [-0.2, 0) is 9.53 Å². The minimum Gasteiger partial charge on any atom is -0.480 e. The van der Waals surface area contributed by atoms with Crippen molar-refractivity contribution in [2.24, 2.45) is 0 Å². The zero-order chi connectivity index (χ0) is 9.47. The van der Waals surface area contributed by atoms with Gasteiger partial charge in [0.1, 0.15) is 5.54 Å². The van der Waals surface area contributed by atoms with Gasteiger partial charge < -0.3 is 9.84 Å². The van der Waals surface area contributed by atoms with E-state index in [1.165, 1.54) is 0 Å². The highest BCUT2D eigenvalue weighted by Crippen LogP contribution is 2.39. The Kier molecular flexibility index (Phi) is 2.04. The van der Waals surface area contributed by atoms with Gasteiger partial charge in [0.25, 0.3) is 0 Å². The molecule has 0 spiro atoms. The third-order valence-corrected chi connectivity index (χ3v) is 3.34. The number of hydrogen-bond acceptors (Lipinski definition) is 3. The average molecular weight is 185 g/mol. The summed E-state index contributed by atoms with van der Waals surface area (Å²) in [5, 5.41) is 9.19. The molecule has 2 aliphatic rings. The zero-order valence-corrected chi connectivity index (χ0v) is 7.82. The molecule has 2 aliphatic heterocycles. The number of methoxy groups -OCH3 is 1. The molecule has 0 radical (unpaired) electrons. The zero-order valence-electron chi connectivity index (χ0n) is 7.82. The summed E-state index contributed by atoms with van der Waals surface area (Å²) in [6.45, 7) is 1.69. The fourth-order valence-corrected chi connectivity index (χ4v) is 2.61. The van der Waals surface area contributed by atoms with Crippen molar-refractivity contribution in [2.45, 2.75) is 30.9 Å². The molecule has 13 heavy (non-hydrogen) atoms. The summed E-state index contributed by atoms with van der Waals surface area (Å²) in [5.74, 6) is -0.676. The molecule has 0 aromatic heterocycles. The minimum absolute atomic E-state index is 0.108. The van der Waals surface area contributed by atoms with Crippen LogP contribution in [0.25, 0.3) is 0 Å². The molecule has 2 saturated heterocycles. The molecule has 2 fully saturated rings. The van der Waals surface area contributed by atoms with Crippen molar-refractivity contribution in [1.82, 2.24) is 4.90 Å². The van der Waals surface area contributed by atoms with Crippen LogP contribution in [0, 0.1) is 0 Å². The first-order chi connectivity index (χ1) is 6.19. The molecule has 0 aromatic rings. The third kappa shape index (κ3) is 1.16. The SMILES string of the molecule is COC1CN2CCCC2(C(=O)O)C1. The van der Waals surface area contributed by atoms with Crippen LogP contribution in [0.2, 0.25) is 0 Å². The van der Waals surface area contributed by atoms with Gasteiger partial charge in [-0.3, -0.25) is 9.69 Å². The number of carboxylic acid groups (broad SMARTS) is 1. The number of ether oxygens (including phenoxy) is 1. The van der Waals surface area contributed by atoms with E-state index in [0.717, 1.165) is 25.9 Å². The Bertz CT molecular complexity index is 231. The molecule has 2 atom stereocenters. The normalized spacial score (nSPS) is 39.3. The summed E-state index contributed by atoms with van der Waals surface area (Å²) < 4.78 is 5.22. The van der Waals surface area contributed by atoms with Crippen LogP contribution < -0.4 is 0 Å². The van der Waals surface area contributed by atoms with Crippen LogP contribution in [0.3, 0.4) is 0 Å². The Morgan fingerprint density at radius 3 is 3.00 bits per heavy atom. The lowest BCUT2D eigenvalue weighted by Gasteiger charge is -2.26.